The number of hydroxylamine groups is 1. The first-order valence-electron chi connectivity index (χ1n) is 6.36. The van der Waals surface area contributed by atoms with Gasteiger partial charge in [-0.25, -0.2) is 5.48 Å². The average Bonchev–Trinajstić information content (AvgIpc) is 2.88. The molecule has 0 aliphatic heterocycles. The van der Waals surface area contributed by atoms with Crippen LogP contribution in [0.4, 0.5) is 0 Å². The lowest BCUT2D eigenvalue weighted by molar-refractivity contribution is -0.139. The summed E-state index contributed by atoms with van der Waals surface area (Å²) in [5, 5.41) is 3.54. The van der Waals surface area contributed by atoms with Gasteiger partial charge < -0.3 is 9.88 Å². The van der Waals surface area contributed by atoms with Crippen LogP contribution in [0.15, 0.2) is 36.5 Å². The summed E-state index contributed by atoms with van der Waals surface area (Å²) in [6, 6.07) is 9.99. The number of amides is 2. The van der Waals surface area contributed by atoms with Crippen molar-refractivity contribution in [1.29, 1.82) is 0 Å². The SMILES string of the molecule is CNC(=O)CONC(=O)CCn1ccc2ccccc21. The molecule has 0 radical (unpaired) electrons. The Morgan fingerprint density at radius 2 is 2.00 bits per heavy atom. The fourth-order valence-corrected chi connectivity index (χ4v) is 1.86. The molecule has 20 heavy (non-hydrogen) atoms. The lowest BCUT2D eigenvalue weighted by Crippen LogP contribution is -2.31. The van der Waals surface area contributed by atoms with Gasteiger partial charge in [0.05, 0.1) is 0 Å². The summed E-state index contributed by atoms with van der Waals surface area (Å²) in [5.41, 5.74) is 3.33. The van der Waals surface area contributed by atoms with Gasteiger partial charge in [-0.05, 0) is 17.5 Å². The Morgan fingerprint density at radius 1 is 1.20 bits per heavy atom. The Labute approximate surface area is 116 Å². The number of hydrogen-bond acceptors (Lipinski definition) is 3. The minimum atomic E-state index is -0.290. The second kappa shape index (κ2) is 6.72. The van der Waals surface area contributed by atoms with E-state index in [1.807, 2.05) is 41.1 Å². The van der Waals surface area contributed by atoms with Gasteiger partial charge in [0.2, 0.25) is 11.8 Å². The van der Waals surface area contributed by atoms with Crippen molar-refractivity contribution in [3.63, 3.8) is 0 Å². The number of hydrogen-bond donors (Lipinski definition) is 2. The van der Waals surface area contributed by atoms with E-state index in [-0.39, 0.29) is 24.8 Å². The summed E-state index contributed by atoms with van der Waals surface area (Å²) in [6.07, 6.45) is 2.23. The first-order valence-corrected chi connectivity index (χ1v) is 6.36. The van der Waals surface area contributed by atoms with Crippen LogP contribution in [0, 0.1) is 0 Å². The molecule has 0 unspecified atom stereocenters. The zero-order valence-electron chi connectivity index (χ0n) is 11.3. The van der Waals surface area contributed by atoms with Crippen LogP contribution in [0.2, 0.25) is 0 Å². The van der Waals surface area contributed by atoms with E-state index in [0.29, 0.717) is 6.54 Å². The van der Waals surface area contributed by atoms with Crippen LogP contribution < -0.4 is 10.8 Å². The van der Waals surface area contributed by atoms with Gasteiger partial charge in [-0.15, -0.1) is 0 Å². The minimum absolute atomic E-state index is 0.186. The molecule has 106 valence electrons. The molecule has 0 saturated heterocycles. The molecule has 0 bridgehead atoms. The third-order valence-corrected chi connectivity index (χ3v) is 2.93. The summed E-state index contributed by atoms with van der Waals surface area (Å²) >= 11 is 0. The molecule has 1 aromatic carbocycles. The number of likely N-dealkylation sites (N-methyl/N-ethyl adjacent to an activating group) is 1. The fourth-order valence-electron chi connectivity index (χ4n) is 1.86. The lowest BCUT2D eigenvalue weighted by Gasteiger charge is -2.07. The van der Waals surface area contributed by atoms with Gasteiger partial charge in [0.15, 0.2) is 6.61 Å². The number of aryl methyl sites for hydroxylation is 1. The van der Waals surface area contributed by atoms with E-state index in [9.17, 15) is 9.59 Å². The number of fused-ring (bicyclic) bond motifs is 1. The zero-order valence-corrected chi connectivity index (χ0v) is 11.3. The lowest BCUT2D eigenvalue weighted by atomic mass is 10.2. The number of aromatic nitrogens is 1. The third-order valence-electron chi connectivity index (χ3n) is 2.93. The molecule has 6 heteroatoms. The highest BCUT2D eigenvalue weighted by molar-refractivity contribution is 5.80. The molecule has 0 aliphatic rings. The molecule has 0 fully saturated rings. The molecule has 2 rings (SSSR count). The van der Waals surface area contributed by atoms with Crippen LogP contribution in [-0.2, 0) is 21.0 Å². The largest absolute Gasteiger partial charge is 0.357 e. The van der Waals surface area contributed by atoms with Gasteiger partial charge in [-0.1, -0.05) is 18.2 Å². The normalized spacial score (nSPS) is 10.4. The van der Waals surface area contributed by atoms with E-state index in [0.717, 1.165) is 10.9 Å². The van der Waals surface area contributed by atoms with Crippen molar-refractivity contribution >= 4 is 22.7 Å². The highest BCUT2D eigenvalue weighted by Crippen LogP contribution is 2.15. The van der Waals surface area contributed by atoms with Gasteiger partial charge in [0.1, 0.15) is 0 Å². The van der Waals surface area contributed by atoms with Crippen molar-refractivity contribution in [1.82, 2.24) is 15.4 Å². The monoisotopic (exact) mass is 275 g/mol. The molecule has 2 aromatic rings. The van der Waals surface area contributed by atoms with Crippen molar-refractivity contribution in [3.05, 3.63) is 36.5 Å². The molecule has 2 amide bonds. The first kappa shape index (κ1) is 14.1. The Balaban J connectivity index is 1.80. The third kappa shape index (κ3) is 3.58. The molecular formula is C14H17N3O3. The van der Waals surface area contributed by atoms with Crippen LogP contribution in [0.25, 0.3) is 10.9 Å². The number of carbonyl (C=O) groups is 2. The maximum atomic E-state index is 11.6. The van der Waals surface area contributed by atoms with Gasteiger partial charge in [-0.3, -0.25) is 14.4 Å². The predicted octanol–water partition coefficient (Wildman–Crippen LogP) is 0.825. The van der Waals surface area contributed by atoms with E-state index < -0.39 is 0 Å². The molecule has 0 aliphatic carbocycles. The predicted molar refractivity (Wildman–Crippen MR) is 74.7 cm³/mol. The van der Waals surface area contributed by atoms with E-state index in [4.69, 9.17) is 4.84 Å². The Morgan fingerprint density at radius 3 is 2.80 bits per heavy atom. The van der Waals surface area contributed by atoms with E-state index in [2.05, 4.69) is 10.8 Å². The molecule has 0 spiro atoms. The van der Waals surface area contributed by atoms with Crippen LogP contribution in [-0.4, -0.2) is 30.0 Å². The standard InChI is InChI=1S/C14H17N3O3/c1-15-14(19)10-20-16-13(18)7-9-17-8-6-11-4-2-3-5-12(11)17/h2-6,8H,7,9-10H2,1H3,(H,15,19)(H,16,18). The number of para-hydroxylation sites is 1. The summed E-state index contributed by atoms with van der Waals surface area (Å²) < 4.78 is 2.01. The topological polar surface area (TPSA) is 72.4 Å². The second-order valence-corrected chi connectivity index (χ2v) is 4.31. The van der Waals surface area contributed by atoms with Crippen molar-refractivity contribution < 1.29 is 14.4 Å². The van der Waals surface area contributed by atoms with E-state index >= 15 is 0 Å². The molecule has 6 nitrogen and oxygen atoms in total. The number of benzene rings is 1. The van der Waals surface area contributed by atoms with Crippen molar-refractivity contribution in [2.45, 2.75) is 13.0 Å². The average molecular weight is 275 g/mol. The van der Waals surface area contributed by atoms with E-state index in [1.54, 1.807) is 0 Å². The molecule has 2 N–H and O–H groups in total. The maximum Gasteiger partial charge on any atom is 0.248 e. The van der Waals surface area contributed by atoms with Crippen LogP contribution >= 0.6 is 0 Å². The van der Waals surface area contributed by atoms with Crippen molar-refractivity contribution in [2.24, 2.45) is 0 Å². The van der Waals surface area contributed by atoms with Crippen LogP contribution in [0.1, 0.15) is 6.42 Å². The molecule has 0 atom stereocenters. The van der Waals surface area contributed by atoms with Crippen LogP contribution in [0.5, 0.6) is 0 Å². The van der Waals surface area contributed by atoms with Gasteiger partial charge in [0, 0.05) is 31.7 Å². The second-order valence-electron chi connectivity index (χ2n) is 4.31. The van der Waals surface area contributed by atoms with Crippen molar-refractivity contribution in [2.75, 3.05) is 13.7 Å². The van der Waals surface area contributed by atoms with Gasteiger partial charge in [0.25, 0.3) is 0 Å². The van der Waals surface area contributed by atoms with Crippen LogP contribution in [0.3, 0.4) is 0 Å². The summed E-state index contributed by atoms with van der Waals surface area (Å²) in [7, 11) is 1.50. The summed E-state index contributed by atoms with van der Waals surface area (Å²) in [5.74, 6) is -0.548. The molecular weight excluding hydrogens is 258 g/mol. The van der Waals surface area contributed by atoms with Gasteiger partial charge in [-0.2, -0.15) is 0 Å². The minimum Gasteiger partial charge on any atom is -0.357 e. The molecule has 0 saturated carbocycles. The fraction of sp³-hybridized carbons (Fsp3) is 0.286. The molecule has 1 heterocycles. The Kier molecular flexibility index (Phi) is 4.73. The first-order chi connectivity index (χ1) is 9.70. The smallest absolute Gasteiger partial charge is 0.248 e. The number of nitrogens with one attached hydrogen (secondary N) is 2. The summed E-state index contributed by atoms with van der Waals surface area (Å²) in [6.45, 7) is 0.372. The molecule has 1 aromatic heterocycles. The highest BCUT2D eigenvalue weighted by Gasteiger charge is 2.05. The number of rotatable bonds is 6. The Bertz CT molecular complexity index is 606. The van der Waals surface area contributed by atoms with Crippen molar-refractivity contribution in [3.8, 4) is 0 Å². The quantitative estimate of drug-likeness (QED) is 0.767. The highest BCUT2D eigenvalue weighted by atomic mass is 16.7. The number of carbonyl (C=O) groups excluding carboxylic acids is 2. The van der Waals surface area contributed by atoms with Gasteiger partial charge >= 0.3 is 0 Å². The summed E-state index contributed by atoms with van der Waals surface area (Å²) in [4.78, 5) is 27.2. The maximum absolute atomic E-state index is 11.6. The zero-order chi connectivity index (χ0) is 14.4. The Hall–Kier alpha value is -2.34. The number of nitrogens with zero attached hydrogens (tertiary/aromatic N) is 1. The van der Waals surface area contributed by atoms with E-state index in [1.165, 1.54) is 7.05 Å².